The average Bonchev–Trinajstić information content (AvgIpc) is 3.29. The molecule has 5 rings (SSSR count). The number of carbonyl (C=O) groups excluding carboxylic acids is 1. The van der Waals surface area contributed by atoms with Gasteiger partial charge in [0.05, 0.1) is 30.0 Å². The Balaban J connectivity index is 1.42. The van der Waals surface area contributed by atoms with E-state index in [2.05, 4.69) is 21.9 Å². The molecule has 2 aromatic carbocycles. The van der Waals surface area contributed by atoms with Gasteiger partial charge in [-0.3, -0.25) is 0 Å². The quantitative estimate of drug-likeness (QED) is 0.457. The molecule has 1 aliphatic heterocycles. The first-order chi connectivity index (χ1) is 16.7. The van der Waals surface area contributed by atoms with E-state index in [1.807, 2.05) is 47.5 Å². The maximum absolute atomic E-state index is 13.0. The second kappa shape index (κ2) is 9.28. The summed E-state index contributed by atoms with van der Waals surface area (Å²) in [5, 5.41) is 12.1. The number of ether oxygens (including phenoxy) is 1. The number of fused-ring (bicyclic) bond motifs is 1. The summed E-state index contributed by atoms with van der Waals surface area (Å²) in [5.74, 6) is 1.86. The number of methoxy groups -OCH3 is 1. The molecule has 1 unspecified atom stereocenters. The van der Waals surface area contributed by atoms with Crippen molar-refractivity contribution < 1.29 is 9.53 Å². The second-order valence-corrected chi connectivity index (χ2v) is 8.41. The van der Waals surface area contributed by atoms with Crippen LogP contribution in [0, 0.1) is 11.3 Å². The van der Waals surface area contributed by atoms with Gasteiger partial charge in [0.1, 0.15) is 11.6 Å². The Labute approximate surface area is 198 Å². The number of amides is 2. The van der Waals surface area contributed by atoms with E-state index in [1.54, 1.807) is 31.4 Å². The number of rotatable bonds is 4. The summed E-state index contributed by atoms with van der Waals surface area (Å²) in [5.41, 5.74) is 4.07. The molecule has 1 fully saturated rings. The molecular formula is C27H25N5O2. The number of nitrogens with one attached hydrogen (secondary N) is 1. The number of imidazole rings is 1. The van der Waals surface area contributed by atoms with Gasteiger partial charge in [0.15, 0.2) is 0 Å². The van der Waals surface area contributed by atoms with Gasteiger partial charge in [0.25, 0.3) is 0 Å². The number of piperidine rings is 1. The van der Waals surface area contributed by atoms with Gasteiger partial charge < -0.3 is 19.4 Å². The minimum atomic E-state index is -0.159. The third-order valence-corrected chi connectivity index (χ3v) is 6.24. The number of anilines is 1. The molecule has 34 heavy (non-hydrogen) atoms. The summed E-state index contributed by atoms with van der Waals surface area (Å²) in [4.78, 5) is 19.9. The third kappa shape index (κ3) is 4.18. The lowest BCUT2D eigenvalue weighted by atomic mass is 9.97. The van der Waals surface area contributed by atoms with Crippen molar-refractivity contribution in [2.24, 2.45) is 0 Å². The van der Waals surface area contributed by atoms with E-state index >= 15 is 0 Å². The summed E-state index contributed by atoms with van der Waals surface area (Å²) >= 11 is 0. The van der Waals surface area contributed by atoms with Gasteiger partial charge in [-0.1, -0.05) is 24.3 Å². The monoisotopic (exact) mass is 451 g/mol. The maximum Gasteiger partial charge on any atom is 0.321 e. The highest BCUT2D eigenvalue weighted by Gasteiger charge is 2.28. The Kier molecular flexibility index (Phi) is 5.88. The van der Waals surface area contributed by atoms with Crippen LogP contribution < -0.4 is 10.1 Å². The molecule has 0 saturated carbocycles. The minimum absolute atomic E-state index is 0.110. The first kappa shape index (κ1) is 21.5. The van der Waals surface area contributed by atoms with Crippen LogP contribution in [0.15, 0.2) is 72.9 Å². The molecule has 170 valence electrons. The van der Waals surface area contributed by atoms with Crippen molar-refractivity contribution in [2.75, 3.05) is 25.5 Å². The summed E-state index contributed by atoms with van der Waals surface area (Å²) in [7, 11) is 1.66. The lowest BCUT2D eigenvalue weighted by molar-refractivity contribution is 0.191. The lowest BCUT2D eigenvalue weighted by Crippen LogP contribution is -2.42. The number of benzene rings is 2. The van der Waals surface area contributed by atoms with Gasteiger partial charge in [-0.2, -0.15) is 5.26 Å². The largest absolute Gasteiger partial charge is 0.497 e. The lowest BCUT2D eigenvalue weighted by Gasteiger charge is -2.32. The van der Waals surface area contributed by atoms with E-state index in [1.165, 1.54) is 0 Å². The molecule has 0 radical (unpaired) electrons. The fraction of sp³-hybridized carbons (Fsp3) is 0.222. The van der Waals surface area contributed by atoms with E-state index in [4.69, 9.17) is 15.0 Å². The second-order valence-electron chi connectivity index (χ2n) is 8.41. The number of likely N-dealkylation sites (tertiary alicyclic amines) is 1. The van der Waals surface area contributed by atoms with Crippen LogP contribution in [0.4, 0.5) is 10.5 Å². The van der Waals surface area contributed by atoms with Gasteiger partial charge >= 0.3 is 6.03 Å². The predicted octanol–water partition coefficient (Wildman–Crippen LogP) is 5.29. The Bertz CT molecular complexity index is 1390. The SMILES string of the molecule is COc1cccc(-c2nc(C3CCCN(C(=O)Nc4cccc(C#N)c4)C3)n3ccccc23)c1. The summed E-state index contributed by atoms with van der Waals surface area (Å²) in [6, 6.07) is 22.9. The van der Waals surface area contributed by atoms with Gasteiger partial charge in [-0.15, -0.1) is 0 Å². The molecule has 4 aromatic rings. The van der Waals surface area contributed by atoms with Crippen molar-refractivity contribution >= 4 is 17.2 Å². The van der Waals surface area contributed by atoms with Crippen LogP contribution in [-0.4, -0.2) is 40.5 Å². The van der Waals surface area contributed by atoms with Crippen LogP contribution in [-0.2, 0) is 0 Å². The van der Waals surface area contributed by atoms with Crippen molar-refractivity contribution in [3.8, 4) is 23.1 Å². The molecule has 0 spiro atoms. The fourth-order valence-corrected chi connectivity index (χ4v) is 4.57. The number of nitriles is 1. The van der Waals surface area contributed by atoms with E-state index in [0.29, 0.717) is 24.3 Å². The Morgan fingerprint density at radius 2 is 2.03 bits per heavy atom. The number of hydrogen-bond acceptors (Lipinski definition) is 4. The highest BCUT2D eigenvalue weighted by atomic mass is 16.5. The zero-order chi connectivity index (χ0) is 23.5. The Morgan fingerprint density at radius 3 is 2.88 bits per heavy atom. The molecule has 7 nitrogen and oxygen atoms in total. The van der Waals surface area contributed by atoms with Crippen LogP contribution >= 0.6 is 0 Å². The number of urea groups is 1. The van der Waals surface area contributed by atoms with Crippen molar-refractivity contribution in [3.05, 3.63) is 84.3 Å². The minimum Gasteiger partial charge on any atom is -0.497 e. The van der Waals surface area contributed by atoms with Gasteiger partial charge in [0.2, 0.25) is 0 Å². The Morgan fingerprint density at radius 1 is 1.15 bits per heavy atom. The molecule has 7 heteroatoms. The molecule has 1 saturated heterocycles. The van der Waals surface area contributed by atoms with Crippen LogP contribution in [0.25, 0.3) is 16.8 Å². The highest BCUT2D eigenvalue weighted by molar-refractivity contribution is 5.89. The van der Waals surface area contributed by atoms with E-state index in [9.17, 15) is 4.79 Å². The first-order valence-electron chi connectivity index (χ1n) is 11.3. The summed E-state index contributed by atoms with van der Waals surface area (Å²) in [6.45, 7) is 1.27. The van der Waals surface area contributed by atoms with Gasteiger partial charge in [0, 0.05) is 36.5 Å². The normalized spacial score (nSPS) is 15.6. The number of hydrogen-bond donors (Lipinski definition) is 1. The Hall–Kier alpha value is -4.31. The first-order valence-corrected chi connectivity index (χ1v) is 11.3. The van der Waals surface area contributed by atoms with Crippen molar-refractivity contribution in [3.63, 3.8) is 0 Å². The van der Waals surface area contributed by atoms with Gasteiger partial charge in [-0.05, 0) is 55.3 Å². The van der Waals surface area contributed by atoms with E-state index in [-0.39, 0.29) is 11.9 Å². The van der Waals surface area contributed by atoms with E-state index in [0.717, 1.165) is 41.2 Å². The molecule has 1 atom stereocenters. The number of aromatic nitrogens is 2. The highest BCUT2D eigenvalue weighted by Crippen LogP contribution is 2.33. The molecule has 1 N–H and O–H groups in total. The zero-order valence-corrected chi connectivity index (χ0v) is 18.9. The molecule has 0 aliphatic carbocycles. The van der Waals surface area contributed by atoms with Crippen LogP contribution in [0.3, 0.4) is 0 Å². The van der Waals surface area contributed by atoms with Gasteiger partial charge in [-0.25, -0.2) is 9.78 Å². The average molecular weight is 452 g/mol. The molecule has 0 bridgehead atoms. The summed E-state index contributed by atoms with van der Waals surface area (Å²) in [6.07, 6.45) is 3.89. The van der Waals surface area contributed by atoms with Crippen molar-refractivity contribution in [1.29, 1.82) is 5.26 Å². The molecule has 2 aromatic heterocycles. The molecule has 3 heterocycles. The molecular weight excluding hydrogens is 426 g/mol. The number of carbonyl (C=O) groups is 1. The standard InChI is InChI=1S/C27H25N5O2/c1-34-23-11-5-8-20(16-23)25-24-12-2-3-14-32(24)26(30-25)21-9-6-13-31(18-21)27(33)29-22-10-4-7-19(15-22)17-28/h2-5,7-8,10-12,14-16,21H,6,9,13,18H2,1H3,(H,29,33). The topological polar surface area (TPSA) is 82.7 Å². The zero-order valence-electron chi connectivity index (χ0n) is 18.9. The van der Waals surface area contributed by atoms with Crippen LogP contribution in [0.1, 0.15) is 30.1 Å². The molecule has 2 amide bonds. The van der Waals surface area contributed by atoms with Crippen molar-refractivity contribution in [1.82, 2.24) is 14.3 Å². The number of pyridine rings is 1. The maximum atomic E-state index is 13.0. The summed E-state index contributed by atoms with van der Waals surface area (Å²) < 4.78 is 7.55. The number of nitrogens with zero attached hydrogens (tertiary/aromatic N) is 4. The van der Waals surface area contributed by atoms with Crippen LogP contribution in [0.2, 0.25) is 0 Å². The molecule has 1 aliphatic rings. The van der Waals surface area contributed by atoms with Crippen molar-refractivity contribution in [2.45, 2.75) is 18.8 Å². The fourth-order valence-electron chi connectivity index (χ4n) is 4.57. The smallest absolute Gasteiger partial charge is 0.321 e. The van der Waals surface area contributed by atoms with Crippen LogP contribution in [0.5, 0.6) is 5.75 Å². The third-order valence-electron chi connectivity index (χ3n) is 6.24. The predicted molar refractivity (Wildman–Crippen MR) is 131 cm³/mol. The van der Waals surface area contributed by atoms with E-state index < -0.39 is 0 Å².